The number of hydrogen-bond donors (Lipinski definition) is 2. The summed E-state index contributed by atoms with van der Waals surface area (Å²) < 4.78 is 13.0. The van der Waals surface area contributed by atoms with Gasteiger partial charge in [-0.15, -0.1) is 11.3 Å². The molecule has 3 rings (SSSR count). The van der Waals surface area contributed by atoms with Crippen LogP contribution >= 0.6 is 11.3 Å². The number of rotatable bonds is 5. The van der Waals surface area contributed by atoms with Gasteiger partial charge in [0.05, 0.1) is 5.69 Å². The predicted molar refractivity (Wildman–Crippen MR) is 109 cm³/mol. The first-order valence-electron chi connectivity index (χ1n) is 8.79. The Hall–Kier alpha value is -3.06. The molecule has 0 fully saturated rings. The number of carbonyl (C=O) groups is 2. The van der Waals surface area contributed by atoms with Crippen LogP contribution in [0.15, 0.2) is 47.8 Å². The van der Waals surface area contributed by atoms with E-state index in [0.717, 1.165) is 27.4 Å². The van der Waals surface area contributed by atoms with E-state index in [0.29, 0.717) is 18.7 Å². The molecule has 2 N–H and O–H groups in total. The van der Waals surface area contributed by atoms with Crippen LogP contribution in [0.25, 0.3) is 10.6 Å². The van der Waals surface area contributed by atoms with E-state index in [1.54, 1.807) is 18.2 Å². The highest BCUT2D eigenvalue weighted by atomic mass is 32.1. The lowest BCUT2D eigenvalue weighted by Gasteiger charge is -2.08. The first-order chi connectivity index (χ1) is 13.4. The van der Waals surface area contributed by atoms with Gasteiger partial charge in [-0.2, -0.15) is 0 Å². The summed E-state index contributed by atoms with van der Waals surface area (Å²) in [6.45, 7) is 4.22. The molecule has 7 heteroatoms. The molecule has 0 spiro atoms. The summed E-state index contributed by atoms with van der Waals surface area (Å²) in [5, 5.41) is 7.87. The quantitative estimate of drug-likeness (QED) is 0.642. The summed E-state index contributed by atoms with van der Waals surface area (Å²) in [6, 6.07) is 11.6. The van der Waals surface area contributed by atoms with Crippen LogP contribution < -0.4 is 10.6 Å². The third-order valence-corrected chi connectivity index (χ3v) is 5.22. The smallest absolute Gasteiger partial charge is 0.313 e. The van der Waals surface area contributed by atoms with E-state index in [4.69, 9.17) is 0 Å². The number of nitrogens with one attached hydrogen (secondary N) is 2. The molecule has 3 aromatic rings. The SMILES string of the molecule is Cc1ccc(NC(=O)C(=O)NCCc2csc(-c3ccc(F)cc3)n2)cc1C. The van der Waals surface area contributed by atoms with Gasteiger partial charge in [-0.05, 0) is 61.4 Å². The second-order valence-corrected chi connectivity index (χ2v) is 7.27. The van der Waals surface area contributed by atoms with Crippen molar-refractivity contribution in [2.45, 2.75) is 20.3 Å². The molecular weight excluding hydrogens is 377 g/mol. The number of amides is 2. The zero-order valence-corrected chi connectivity index (χ0v) is 16.4. The second kappa shape index (κ2) is 8.75. The lowest BCUT2D eigenvalue weighted by atomic mass is 10.1. The molecule has 0 unspecified atom stereocenters. The number of carbonyl (C=O) groups excluding carboxylic acids is 2. The summed E-state index contributed by atoms with van der Waals surface area (Å²) in [5.41, 5.74) is 4.39. The molecule has 0 saturated carbocycles. The van der Waals surface area contributed by atoms with E-state index in [2.05, 4.69) is 15.6 Å². The molecular formula is C21H20FN3O2S. The van der Waals surface area contributed by atoms with Gasteiger partial charge < -0.3 is 10.6 Å². The maximum Gasteiger partial charge on any atom is 0.313 e. The summed E-state index contributed by atoms with van der Waals surface area (Å²) in [6.07, 6.45) is 0.500. The van der Waals surface area contributed by atoms with Crippen LogP contribution in [0.4, 0.5) is 10.1 Å². The standard InChI is InChI=1S/C21H20FN3O2S/c1-13-3-8-17(11-14(13)2)24-20(27)19(26)23-10-9-18-12-28-21(25-18)15-4-6-16(22)7-5-15/h3-8,11-12H,9-10H2,1-2H3,(H,23,26)(H,24,27). The molecule has 28 heavy (non-hydrogen) atoms. The Balaban J connectivity index is 1.49. The molecule has 0 aliphatic carbocycles. The number of hydrogen-bond acceptors (Lipinski definition) is 4. The first-order valence-corrected chi connectivity index (χ1v) is 9.67. The highest BCUT2D eigenvalue weighted by molar-refractivity contribution is 7.13. The van der Waals surface area contributed by atoms with E-state index in [9.17, 15) is 14.0 Å². The molecule has 2 amide bonds. The van der Waals surface area contributed by atoms with Crippen LogP contribution in [0.5, 0.6) is 0 Å². The lowest BCUT2D eigenvalue weighted by Crippen LogP contribution is -2.36. The van der Waals surface area contributed by atoms with Gasteiger partial charge in [0, 0.05) is 29.6 Å². The number of thiazole rings is 1. The van der Waals surface area contributed by atoms with Gasteiger partial charge >= 0.3 is 11.8 Å². The number of nitrogens with zero attached hydrogens (tertiary/aromatic N) is 1. The Kier molecular flexibility index (Phi) is 6.16. The van der Waals surface area contributed by atoms with Crippen LogP contribution in [0.1, 0.15) is 16.8 Å². The van der Waals surface area contributed by atoms with E-state index in [1.165, 1.54) is 23.5 Å². The van der Waals surface area contributed by atoms with Crippen molar-refractivity contribution in [3.63, 3.8) is 0 Å². The van der Waals surface area contributed by atoms with Crippen molar-refractivity contribution >= 4 is 28.8 Å². The van der Waals surface area contributed by atoms with Crippen LogP contribution in [0.2, 0.25) is 0 Å². The molecule has 0 aliphatic heterocycles. The van der Waals surface area contributed by atoms with Crippen LogP contribution in [0.3, 0.4) is 0 Å². The fraction of sp³-hybridized carbons (Fsp3) is 0.190. The predicted octanol–water partition coefficient (Wildman–Crippen LogP) is 3.86. The van der Waals surface area contributed by atoms with Gasteiger partial charge in [0.2, 0.25) is 0 Å². The number of aromatic nitrogens is 1. The zero-order chi connectivity index (χ0) is 20.1. The molecule has 0 bridgehead atoms. The van der Waals surface area contributed by atoms with Crippen molar-refractivity contribution in [2.24, 2.45) is 0 Å². The molecule has 144 valence electrons. The molecule has 1 heterocycles. The average molecular weight is 397 g/mol. The molecule has 0 radical (unpaired) electrons. The van der Waals surface area contributed by atoms with Crippen molar-refractivity contribution < 1.29 is 14.0 Å². The molecule has 0 aliphatic rings. The first kappa shape index (κ1) is 19.7. The summed E-state index contributed by atoms with van der Waals surface area (Å²) in [4.78, 5) is 28.5. The molecule has 0 saturated heterocycles. The monoisotopic (exact) mass is 397 g/mol. The van der Waals surface area contributed by atoms with Crippen molar-refractivity contribution in [2.75, 3.05) is 11.9 Å². The topological polar surface area (TPSA) is 71.1 Å². The van der Waals surface area contributed by atoms with Crippen molar-refractivity contribution in [1.29, 1.82) is 0 Å². The van der Waals surface area contributed by atoms with Gasteiger partial charge in [-0.25, -0.2) is 9.37 Å². The largest absolute Gasteiger partial charge is 0.347 e. The third-order valence-electron chi connectivity index (χ3n) is 4.28. The highest BCUT2D eigenvalue weighted by Gasteiger charge is 2.14. The van der Waals surface area contributed by atoms with Crippen molar-refractivity contribution in [3.05, 3.63) is 70.5 Å². The van der Waals surface area contributed by atoms with Crippen LogP contribution in [-0.2, 0) is 16.0 Å². The van der Waals surface area contributed by atoms with E-state index in [1.807, 2.05) is 31.4 Å². The Morgan fingerprint density at radius 1 is 1.04 bits per heavy atom. The van der Waals surface area contributed by atoms with Gasteiger partial charge in [0.1, 0.15) is 10.8 Å². The van der Waals surface area contributed by atoms with Crippen molar-refractivity contribution in [3.8, 4) is 10.6 Å². The minimum absolute atomic E-state index is 0.290. The third kappa shape index (κ3) is 5.01. The van der Waals surface area contributed by atoms with Gasteiger partial charge in [0.15, 0.2) is 0 Å². The second-order valence-electron chi connectivity index (χ2n) is 6.41. The van der Waals surface area contributed by atoms with Gasteiger partial charge in [0.25, 0.3) is 0 Å². The summed E-state index contributed by atoms with van der Waals surface area (Å²) in [5.74, 6) is -1.68. The normalized spacial score (nSPS) is 10.5. The molecule has 5 nitrogen and oxygen atoms in total. The van der Waals surface area contributed by atoms with E-state index in [-0.39, 0.29) is 5.82 Å². The fourth-order valence-electron chi connectivity index (χ4n) is 2.54. The summed E-state index contributed by atoms with van der Waals surface area (Å²) in [7, 11) is 0. The number of halogens is 1. The maximum absolute atomic E-state index is 13.0. The zero-order valence-electron chi connectivity index (χ0n) is 15.6. The Morgan fingerprint density at radius 3 is 2.50 bits per heavy atom. The molecule has 2 aromatic carbocycles. The van der Waals surface area contributed by atoms with E-state index >= 15 is 0 Å². The average Bonchev–Trinajstić information content (AvgIpc) is 3.14. The number of anilines is 1. The van der Waals surface area contributed by atoms with Gasteiger partial charge in [-0.3, -0.25) is 9.59 Å². The van der Waals surface area contributed by atoms with Gasteiger partial charge in [-0.1, -0.05) is 6.07 Å². The Morgan fingerprint density at radius 2 is 1.79 bits per heavy atom. The van der Waals surface area contributed by atoms with Crippen molar-refractivity contribution in [1.82, 2.24) is 10.3 Å². The fourth-order valence-corrected chi connectivity index (χ4v) is 3.40. The Bertz CT molecular complexity index is 999. The minimum Gasteiger partial charge on any atom is -0.347 e. The number of benzene rings is 2. The summed E-state index contributed by atoms with van der Waals surface area (Å²) >= 11 is 1.45. The minimum atomic E-state index is -0.700. The van der Waals surface area contributed by atoms with E-state index < -0.39 is 11.8 Å². The molecule has 0 atom stereocenters. The lowest BCUT2D eigenvalue weighted by molar-refractivity contribution is -0.136. The molecule has 1 aromatic heterocycles. The highest BCUT2D eigenvalue weighted by Crippen LogP contribution is 2.24. The van der Waals surface area contributed by atoms with Crippen LogP contribution in [-0.4, -0.2) is 23.3 Å². The Labute approximate surface area is 166 Å². The van der Waals surface area contributed by atoms with Crippen LogP contribution in [0, 0.1) is 19.7 Å². The maximum atomic E-state index is 13.0. The number of aryl methyl sites for hydroxylation is 2.